The predicted octanol–water partition coefficient (Wildman–Crippen LogP) is 3.22. The van der Waals surface area contributed by atoms with Gasteiger partial charge in [0.1, 0.15) is 24.0 Å². The highest BCUT2D eigenvalue weighted by molar-refractivity contribution is 5.71. The Morgan fingerprint density at radius 1 is 1.14 bits per heavy atom. The molecule has 2 aliphatic rings. The Bertz CT molecular complexity index is 854. The molecule has 1 unspecified atom stereocenters. The lowest BCUT2D eigenvalue weighted by Crippen LogP contribution is -2.62. The molecule has 2 saturated heterocycles. The molecule has 148 valence electrons. The molecule has 0 radical (unpaired) electrons. The zero-order valence-electron chi connectivity index (χ0n) is 15.7. The Hall–Kier alpha value is -2.67. The lowest BCUT2D eigenvalue weighted by Gasteiger charge is -2.45. The van der Waals surface area contributed by atoms with Gasteiger partial charge < -0.3 is 9.47 Å². The average molecular weight is 388 g/mol. The van der Waals surface area contributed by atoms with E-state index in [-0.39, 0.29) is 30.6 Å². The number of ether oxygens (including phenoxy) is 2. The smallest absolute Gasteiger partial charge is 0.410 e. The van der Waals surface area contributed by atoms with E-state index in [9.17, 15) is 13.6 Å². The highest BCUT2D eigenvalue weighted by Crippen LogP contribution is 2.33. The Kier molecular flexibility index (Phi) is 4.93. The van der Waals surface area contributed by atoms with Gasteiger partial charge in [0.05, 0.1) is 12.6 Å². The molecule has 2 aromatic rings. The monoisotopic (exact) mass is 388 g/mol. The summed E-state index contributed by atoms with van der Waals surface area (Å²) >= 11 is 0. The number of cyclic esters (lactones) is 1. The van der Waals surface area contributed by atoms with Crippen LogP contribution in [0.15, 0.2) is 42.5 Å². The van der Waals surface area contributed by atoms with Gasteiger partial charge in [-0.2, -0.15) is 0 Å². The van der Waals surface area contributed by atoms with Gasteiger partial charge in [0, 0.05) is 50.3 Å². The third-order valence-electron chi connectivity index (χ3n) is 5.52. The number of methoxy groups -OCH3 is 1. The van der Waals surface area contributed by atoms with E-state index in [2.05, 4.69) is 0 Å². The van der Waals surface area contributed by atoms with Gasteiger partial charge in [-0.1, -0.05) is 30.3 Å². The van der Waals surface area contributed by atoms with E-state index in [4.69, 9.17) is 9.47 Å². The number of carbonyl (C=O) groups excluding carboxylic acids is 1. The molecule has 0 N–H and O–H groups in total. The van der Waals surface area contributed by atoms with Crippen molar-refractivity contribution < 1.29 is 23.0 Å². The third-order valence-corrected chi connectivity index (χ3v) is 5.52. The highest BCUT2D eigenvalue weighted by atomic mass is 19.1. The Balaban J connectivity index is 1.57. The summed E-state index contributed by atoms with van der Waals surface area (Å²) in [6.45, 7) is 1.87. The number of benzene rings is 2. The van der Waals surface area contributed by atoms with Crippen LogP contribution in [-0.2, 0) is 17.7 Å². The minimum absolute atomic E-state index is 0.00866. The average Bonchev–Trinajstić information content (AvgIpc) is 3.01. The SMILES string of the molecule is COc1cc(F)c(CN2CCN3C(=O)OCC3(Cc3ccccc3)C2)c(F)c1. The molecule has 7 heteroatoms. The first-order valence-electron chi connectivity index (χ1n) is 9.23. The van der Waals surface area contributed by atoms with Crippen molar-refractivity contribution in [3.63, 3.8) is 0 Å². The molecule has 2 aliphatic heterocycles. The number of hydrogen-bond donors (Lipinski definition) is 0. The number of piperazine rings is 1. The molecular weight excluding hydrogens is 366 g/mol. The molecule has 0 bridgehead atoms. The predicted molar refractivity (Wildman–Crippen MR) is 99.1 cm³/mol. The second kappa shape index (κ2) is 7.39. The quantitative estimate of drug-likeness (QED) is 0.789. The minimum Gasteiger partial charge on any atom is -0.497 e. The molecule has 4 rings (SSSR count). The van der Waals surface area contributed by atoms with Crippen molar-refractivity contribution in [3.8, 4) is 5.75 Å². The van der Waals surface area contributed by atoms with E-state index >= 15 is 0 Å². The molecule has 0 spiro atoms. The van der Waals surface area contributed by atoms with Gasteiger partial charge >= 0.3 is 6.09 Å². The molecule has 5 nitrogen and oxygen atoms in total. The molecule has 0 saturated carbocycles. The van der Waals surface area contributed by atoms with E-state index < -0.39 is 17.2 Å². The van der Waals surface area contributed by atoms with Crippen LogP contribution in [0.3, 0.4) is 0 Å². The molecule has 2 fully saturated rings. The van der Waals surface area contributed by atoms with Crippen LogP contribution in [-0.4, -0.2) is 54.8 Å². The van der Waals surface area contributed by atoms with Crippen LogP contribution in [0.25, 0.3) is 0 Å². The topological polar surface area (TPSA) is 42.0 Å². The zero-order chi connectivity index (χ0) is 19.7. The Morgan fingerprint density at radius 3 is 2.54 bits per heavy atom. The summed E-state index contributed by atoms with van der Waals surface area (Å²) in [6, 6.07) is 12.3. The first-order valence-corrected chi connectivity index (χ1v) is 9.23. The second-order valence-corrected chi connectivity index (χ2v) is 7.37. The lowest BCUT2D eigenvalue weighted by atomic mass is 9.88. The first kappa shape index (κ1) is 18.7. The normalized spacial score (nSPS) is 22.1. The maximum Gasteiger partial charge on any atom is 0.410 e. The van der Waals surface area contributed by atoms with E-state index in [0.29, 0.717) is 26.1 Å². The van der Waals surface area contributed by atoms with Crippen molar-refractivity contribution in [3.05, 3.63) is 65.2 Å². The minimum atomic E-state index is -0.630. The van der Waals surface area contributed by atoms with Crippen LogP contribution in [0, 0.1) is 11.6 Å². The van der Waals surface area contributed by atoms with E-state index in [1.54, 1.807) is 4.90 Å². The van der Waals surface area contributed by atoms with Gasteiger partial charge in [0.2, 0.25) is 0 Å². The zero-order valence-corrected chi connectivity index (χ0v) is 15.7. The van der Waals surface area contributed by atoms with Gasteiger partial charge in [-0.15, -0.1) is 0 Å². The molecule has 28 heavy (non-hydrogen) atoms. The third kappa shape index (κ3) is 3.42. The van der Waals surface area contributed by atoms with Gasteiger partial charge in [-0.3, -0.25) is 9.80 Å². The summed E-state index contributed by atoms with van der Waals surface area (Å²) in [6.07, 6.45) is 0.307. The van der Waals surface area contributed by atoms with Gasteiger partial charge in [0.15, 0.2) is 0 Å². The van der Waals surface area contributed by atoms with Crippen molar-refractivity contribution >= 4 is 6.09 Å². The number of fused-ring (bicyclic) bond motifs is 1. The van der Waals surface area contributed by atoms with Crippen molar-refractivity contribution in [2.24, 2.45) is 0 Å². The molecule has 1 amide bonds. The van der Waals surface area contributed by atoms with Crippen molar-refractivity contribution in [1.82, 2.24) is 9.80 Å². The summed E-state index contributed by atoms with van der Waals surface area (Å²) in [5.74, 6) is -1.11. The van der Waals surface area contributed by atoms with Crippen molar-refractivity contribution in [2.45, 2.75) is 18.5 Å². The van der Waals surface area contributed by atoms with E-state index in [0.717, 1.165) is 5.56 Å². The van der Waals surface area contributed by atoms with Crippen LogP contribution in [0.1, 0.15) is 11.1 Å². The summed E-state index contributed by atoms with van der Waals surface area (Å²) in [5, 5.41) is 0. The highest BCUT2D eigenvalue weighted by Gasteiger charge is 2.50. The summed E-state index contributed by atoms with van der Waals surface area (Å²) in [4.78, 5) is 15.9. The van der Waals surface area contributed by atoms with E-state index in [1.807, 2.05) is 35.2 Å². The molecule has 0 aromatic heterocycles. The number of nitrogens with zero attached hydrogens (tertiary/aromatic N) is 2. The van der Waals surface area contributed by atoms with E-state index in [1.165, 1.54) is 19.2 Å². The molecule has 1 atom stereocenters. The Labute approximate surface area is 162 Å². The summed E-state index contributed by atoms with van der Waals surface area (Å²) < 4.78 is 39.0. The largest absolute Gasteiger partial charge is 0.497 e. The number of hydrogen-bond acceptors (Lipinski definition) is 4. The molecular formula is C21H22F2N2O3. The summed E-state index contributed by atoms with van der Waals surface area (Å²) in [7, 11) is 1.37. The van der Waals surface area contributed by atoms with Crippen molar-refractivity contribution in [1.29, 1.82) is 0 Å². The van der Waals surface area contributed by atoms with Gasteiger partial charge in [-0.05, 0) is 5.56 Å². The molecule has 2 heterocycles. The molecule has 0 aliphatic carbocycles. The second-order valence-electron chi connectivity index (χ2n) is 7.37. The van der Waals surface area contributed by atoms with Crippen molar-refractivity contribution in [2.75, 3.05) is 33.4 Å². The standard InChI is InChI=1S/C21H22F2N2O3/c1-27-16-9-18(22)17(19(23)10-16)12-24-7-8-25-20(26)28-14-21(25,13-24)11-15-5-3-2-4-6-15/h2-6,9-10H,7-8,11-14H2,1H3. The fourth-order valence-corrected chi connectivity index (χ4v) is 4.13. The molecule has 2 aromatic carbocycles. The number of carbonyl (C=O) groups is 1. The van der Waals surface area contributed by atoms with Gasteiger partial charge in [-0.25, -0.2) is 13.6 Å². The maximum atomic E-state index is 14.4. The fourth-order valence-electron chi connectivity index (χ4n) is 4.13. The fraction of sp³-hybridized carbons (Fsp3) is 0.381. The van der Waals surface area contributed by atoms with Crippen LogP contribution in [0.4, 0.5) is 13.6 Å². The number of rotatable bonds is 5. The van der Waals surface area contributed by atoms with Crippen LogP contribution >= 0.6 is 0 Å². The van der Waals surface area contributed by atoms with Crippen LogP contribution in [0.2, 0.25) is 0 Å². The van der Waals surface area contributed by atoms with Crippen LogP contribution < -0.4 is 4.74 Å². The number of amides is 1. The lowest BCUT2D eigenvalue weighted by molar-refractivity contribution is 0.0465. The maximum absolute atomic E-state index is 14.4. The van der Waals surface area contributed by atoms with Crippen LogP contribution in [0.5, 0.6) is 5.75 Å². The number of halogens is 2. The first-order chi connectivity index (χ1) is 13.5. The summed E-state index contributed by atoms with van der Waals surface area (Å²) in [5.41, 5.74) is 0.569. The van der Waals surface area contributed by atoms with Gasteiger partial charge in [0.25, 0.3) is 0 Å². The Morgan fingerprint density at radius 2 is 1.86 bits per heavy atom.